The molecule has 0 N–H and O–H groups in total. The Morgan fingerprint density at radius 1 is 0.447 bits per heavy atom. The Kier molecular flexibility index (Phi) is 4.48. The van der Waals surface area contributed by atoms with E-state index >= 15 is 0 Å². The fraction of sp³-hybridized carbons (Fsp3) is 0. The molecule has 0 bridgehead atoms. The van der Waals surface area contributed by atoms with Gasteiger partial charge in [-0.15, -0.1) is 0 Å². The first-order chi connectivity index (χ1) is 27.5. The van der Waals surface area contributed by atoms with Crippen molar-refractivity contribution in [3.05, 3.63) is 182 Å². The van der Waals surface area contributed by atoms with Crippen molar-refractivity contribution < 1.29 is 13.7 Å². The van der Waals surface area contributed by atoms with Gasteiger partial charge in [0.2, 0.25) is 0 Å². The van der Waals surface area contributed by atoms with Gasteiger partial charge in [-0.25, -0.2) is 4.98 Å². The Morgan fingerprint density at radius 3 is 1.85 bits per heavy atom. The molecule has 0 amide bonds. The van der Waals surface area contributed by atoms with E-state index in [1.54, 1.807) is 12.1 Å². The van der Waals surface area contributed by atoms with Crippen LogP contribution in [-0.4, -0.2) is 9.55 Å². The summed E-state index contributed by atoms with van der Waals surface area (Å²) < 4.78 is 88.6. The van der Waals surface area contributed by atoms with Crippen LogP contribution in [0.2, 0.25) is 0 Å². The van der Waals surface area contributed by atoms with Crippen molar-refractivity contribution in [2.24, 2.45) is 0 Å². The second kappa shape index (κ2) is 11.3. The van der Waals surface area contributed by atoms with E-state index < -0.39 is 36.3 Å². The number of imidazole rings is 1. The molecule has 1 heterocycles. The molecule has 1 aromatic heterocycles. The van der Waals surface area contributed by atoms with E-state index in [1.165, 1.54) is 0 Å². The number of nitrogens with zero attached hydrogens (tertiary/aromatic N) is 2. The Morgan fingerprint density at radius 2 is 1.06 bits per heavy atom. The number of aromatic nitrogens is 2. The topological polar surface area (TPSA) is 17.8 Å². The molecule has 0 atom stereocenters. The normalized spacial score (nSPS) is 14.4. The number of para-hydroxylation sites is 3. The summed E-state index contributed by atoms with van der Waals surface area (Å²) >= 11 is 0. The highest BCUT2D eigenvalue weighted by atomic mass is 15.1. The summed E-state index contributed by atoms with van der Waals surface area (Å²) in [4.78, 5) is 5.09. The summed E-state index contributed by atoms with van der Waals surface area (Å²) in [6, 6.07) is 34.1. The maximum absolute atomic E-state index is 9.10. The van der Waals surface area contributed by atoms with Crippen molar-refractivity contribution in [1.29, 1.82) is 0 Å². The molecule has 0 unspecified atom stereocenters. The zero-order valence-electron chi connectivity index (χ0n) is 34.9. The van der Waals surface area contributed by atoms with Crippen LogP contribution in [0.25, 0.3) is 83.0 Å². The molecule has 0 aliphatic carbocycles. The second-order valence-corrected chi connectivity index (χ2v) is 11.2. The summed E-state index contributed by atoms with van der Waals surface area (Å²) in [7, 11) is 0. The summed E-state index contributed by atoms with van der Waals surface area (Å²) in [5.74, 6) is 0.733. The zero-order valence-corrected chi connectivity index (χ0v) is 24.9. The lowest BCUT2D eigenvalue weighted by Gasteiger charge is -2.21. The average molecular weight is 609 g/mol. The molecule has 220 valence electrons. The Bertz CT molecular complexity index is 3080. The Hall–Kier alpha value is -6.25. The van der Waals surface area contributed by atoms with Crippen molar-refractivity contribution in [2.75, 3.05) is 0 Å². The fourth-order valence-corrected chi connectivity index (χ4v) is 6.59. The summed E-state index contributed by atoms with van der Waals surface area (Å²) in [5, 5.41) is 2.48. The smallest absolute Gasteiger partial charge is 0.145 e. The van der Waals surface area contributed by atoms with Crippen molar-refractivity contribution in [3.8, 4) is 50.5 Å². The molecule has 0 fully saturated rings. The molecule has 0 saturated carbocycles. The van der Waals surface area contributed by atoms with Crippen molar-refractivity contribution >= 4 is 32.6 Å². The van der Waals surface area contributed by atoms with E-state index in [9.17, 15) is 0 Å². The quantitative estimate of drug-likeness (QED) is 0.178. The van der Waals surface area contributed by atoms with Gasteiger partial charge >= 0.3 is 0 Å². The van der Waals surface area contributed by atoms with Gasteiger partial charge in [0.1, 0.15) is 5.82 Å². The first kappa shape index (κ1) is 18.7. The van der Waals surface area contributed by atoms with Gasteiger partial charge in [-0.3, -0.25) is 4.57 Å². The molecular weight excluding hydrogens is 569 g/mol. The van der Waals surface area contributed by atoms with Gasteiger partial charge < -0.3 is 0 Å². The minimum absolute atomic E-state index is 0.00721. The Balaban J connectivity index is 1.46. The number of rotatable bonds is 5. The molecule has 9 rings (SSSR count). The highest BCUT2D eigenvalue weighted by Gasteiger charge is 2.22. The molecule has 2 heteroatoms. The van der Waals surface area contributed by atoms with Crippen LogP contribution < -0.4 is 0 Å². The molecule has 47 heavy (non-hydrogen) atoms. The number of fused-ring (bicyclic) bond motifs is 3. The molecule has 9 aromatic rings. The largest absolute Gasteiger partial charge is 0.292 e. The summed E-state index contributed by atoms with van der Waals surface area (Å²) in [6.07, 6.45) is 0. The van der Waals surface area contributed by atoms with Crippen LogP contribution in [0.3, 0.4) is 0 Å². The number of hydrogen-bond donors (Lipinski definition) is 0. The average Bonchev–Trinajstić information content (AvgIpc) is 3.63. The van der Waals surface area contributed by atoms with Gasteiger partial charge in [-0.1, -0.05) is 157 Å². The number of benzene rings is 8. The monoisotopic (exact) mass is 608 g/mol. The SMILES string of the molecule is [2H]c1c([2H])c([2H])c(-c2ccc3c(-c4ccccc4-n4c(-c5ccccc5)nc5ccccc54)c4ccccc4c(-c4c([2H])c([2H])c([2H])c([2H])c4[2H])c3c2)c([2H])c1[2H]. The van der Waals surface area contributed by atoms with Crippen LogP contribution in [0, 0.1) is 0 Å². The minimum atomic E-state index is -0.519. The Labute approximate surface area is 287 Å². The van der Waals surface area contributed by atoms with E-state index in [2.05, 4.69) is 4.57 Å². The molecule has 0 aliphatic heterocycles. The van der Waals surface area contributed by atoms with Crippen LogP contribution in [0.1, 0.15) is 13.7 Å². The fourth-order valence-electron chi connectivity index (χ4n) is 6.59. The third-order valence-electron chi connectivity index (χ3n) is 8.57. The third kappa shape index (κ3) is 4.54. The van der Waals surface area contributed by atoms with Gasteiger partial charge in [0.15, 0.2) is 0 Å². The highest BCUT2D eigenvalue weighted by molar-refractivity contribution is 6.22. The minimum Gasteiger partial charge on any atom is -0.292 e. The van der Waals surface area contributed by atoms with E-state index in [1.807, 2.05) is 109 Å². The lowest BCUT2D eigenvalue weighted by molar-refractivity contribution is 1.10. The predicted molar refractivity (Wildman–Crippen MR) is 198 cm³/mol. The molecule has 0 saturated heterocycles. The summed E-state index contributed by atoms with van der Waals surface area (Å²) in [5.41, 5.74) is 5.70. The van der Waals surface area contributed by atoms with Gasteiger partial charge in [0, 0.05) is 11.1 Å². The molecule has 0 aliphatic rings. The van der Waals surface area contributed by atoms with Crippen molar-refractivity contribution in [1.82, 2.24) is 9.55 Å². The van der Waals surface area contributed by atoms with Crippen LogP contribution in [-0.2, 0) is 0 Å². The van der Waals surface area contributed by atoms with Crippen LogP contribution in [0.15, 0.2) is 182 Å². The standard InChI is InChI=1S/C45H30N2/c1-4-16-31(17-5-1)34-28-29-37-39(30-34)43(32-18-6-2-7-19-32)35-22-10-11-23-36(35)44(37)38-24-12-14-26-41(38)47-42-27-15-13-25-40(42)46-45(47)33-20-8-3-9-21-33/h1-30H/i1D,2D,4D,5D,6D,7D,16D,17D,18D,19D. The predicted octanol–water partition coefficient (Wildman–Crippen LogP) is 12.0. The van der Waals surface area contributed by atoms with Crippen LogP contribution in [0.4, 0.5) is 0 Å². The molecule has 0 spiro atoms. The van der Waals surface area contributed by atoms with E-state index in [-0.39, 0.29) is 35.3 Å². The maximum atomic E-state index is 9.10. The molecular formula is C45H30N2. The van der Waals surface area contributed by atoms with Crippen molar-refractivity contribution in [3.63, 3.8) is 0 Å². The molecule has 8 aromatic carbocycles. The van der Waals surface area contributed by atoms with Crippen LogP contribution in [0.5, 0.6) is 0 Å². The second-order valence-electron chi connectivity index (χ2n) is 11.2. The van der Waals surface area contributed by atoms with Gasteiger partial charge in [-0.05, 0) is 73.6 Å². The lowest BCUT2D eigenvalue weighted by Crippen LogP contribution is -2.01. The van der Waals surface area contributed by atoms with Gasteiger partial charge in [0.05, 0.1) is 30.4 Å². The first-order valence-corrected chi connectivity index (χ1v) is 15.2. The van der Waals surface area contributed by atoms with Gasteiger partial charge in [-0.2, -0.15) is 0 Å². The first-order valence-electron chi connectivity index (χ1n) is 20.2. The molecule has 0 radical (unpaired) electrons. The molecule has 2 nitrogen and oxygen atoms in total. The third-order valence-corrected chi connectivity index (χ3v) is 8.57. The number of hydrogen-bond acceptors (Lipinski definition) is 1. The zero-order chi connectivity index (χ0) is 39.9. The lowest BCUT2D eigenvalue weighted by atomic mass is 9.84. The van der Waals surface area contributed by atoms with Crippen molar-refractivity contribution in [2.45, 2.75) is 0 Å². The van der Waals surface area contributed by atoms with Crippen LogP contribution >= 0.6 is 0 Å². The highest BCUT2D eigenvalue weighted by Crippen LogP contribution is 2.46. The van der Waals surface area contributed by atoms with Gasteiger partial charge in [0.25, 0.3) is 0 Å². The van der Waals surface area contributed by atoms with E-state index in [4.69, 9.17) is 18.7 Å². The maximum Gasteiger partial charge on any atom is 0.145 e. The summed E-state index contributed by atoms with van der Waals surface area (Å²) in [6.45, 7) is 0. The van der Waals surface area contributed by atoms with E-state index in [0.717, 1.165) is 44.6 Å². The van der Waals surface area contributed by atoms with E-state index in [0.29, 0.717) is 27.3 Å².